The third-order valence-corrected chi connectivity index (χ3v) is 5.51. The number of fused-ring (bicyclic) bond motifs is 1. The monoisotopic (exact) mass is 469 g/mol. The fourth-order valence-corrected chi connectivity index (χ4v) is 3.83. The Morgan fingerprint density at radius 1 is 1.15 bits per heavy atom. The van der Waals surface area contributed by atoms with E-state index >= 15 is 0 Å². The van der Waals surface area contributed by atoms with Crippen molar-refractivity contribution in [2.24, 2.45) is 7.05 Å². The van der Waals surface area contributed by atoms with Gasteiger partial charge in [-0.25, -0.2) is 14.2 Å². The lowest BCUT2D eigenvalue weighted by Gasteiger charge is -2.16. The average Bonchev–Trinajstić information content (AvgIpc) is 2.80. The smallest absolute Gasteiger partial charge is 0.332 e. The van der Waals surface area contributed by atoms with E-state index in [0.29, 0.717) is 22.1 Å². The van der Waals surface area contributed by atoms with Crippen LogP contribution in [0.25, 0.3) is 11.0 Å². The molecule has 2 aromatic heterocycles. The maximum atomic E-state index is 13.5. The van der Waals surface area contributed by atoms with E-state index in [-0.39, 0.29) is 42.8 Å². The number of aromatic nitrogens is 3. The third-order valence-electron chi connectivity index (χ3n) is 5.28. The second-order valence-corrected chi connectivity index (χ2v) is 7.97. The molecule has 0 bridgehead atoms. The average molecular weight is 470 g/mol. The number of halogens is 2. The first kappa shape index (κ1) is 22.7. The maximum absolute atomic E-state index is 13.5. The Labute approximate surface area is 193 Å². The van der Waals surface area contributed by atoms with Gasteiger partial charge in [0.1, 0.15) is 23.0 Å². The number of benzene rings is 2. The van der Waals surface area contributed by atoms with Crippen LogP contribution in [0.3, 0.4) is 0 Å². The fraction of sp³-hybridized carbons (Fsp3) is 0.208. The van der Waals surface area contributed by atoms with E-state index in [1.807, 2.05) is 0 Å². The van der Waals surface area contributed by atoms with Crippen molar-refractivity contribution in [2.45, 2.75) is 19.4 Å². The first-order valence-corrected chi connectivity index (χ1v) is 10.7. The molecular formula is C24H21ClFN3O4. The molecule has 4 aromatic rings. The zero-order valence-corrected chi connectivity index (χ0v) is 18.6. The second kappa shape index (κ2) is 9.56. The molecule has 0 aliphatic carbocycles. The van der Waals surface area contributed by atoms with Crippen LogP contribution >= 0.6 is 11.6 Å². The van der Waals surface area contributed by atoms with Crippen molar-refractivity contribution in [2.75, 3.05) is 6.61 Å². The van der Waals surface area contributed by atoms with Gasteiger partial charge in [0.05, 0.1) is 11.6 Å². The van der Waals surface area contributed by atoms with Crippen molar-refractivity contribution in [1.82, 2.24) is 14.1 Å². The molecule has 9 heteroatoms. The van der Waals surface area contributed by atoms with Crippen LogP contribution < -0.4 is 16.0 Å². The van der Waals surface area contributed by atoms with Crippen molar-refractivity contribution in [3.05, 3.63) is 97.5 Å². The first-order valence-electron chi connectivity index (χ1n) is 10.3. The standard InChI is InChI=1S/C24H21ClFN3O4/c1-28-22-21(23(31)29(24(28)32)10-3-11-30)19(12-15-6-8-17(26)9-7-15)20(14-27-22)33-18-5-2-4-16(25)13-18/h2,4-9,13-14,30H,3,10-12H2,1H3. The van der Waals surface area contributed by atoms with E-state index in [9.17, 15) is 19.1 Å². The molecule has 1 N–H and O–H groups in total. The highest BCUT2D eigenvalue weighted by molar-refractivity contribution is 6.30. The molecule has 0 radical (unpaired) electrons. The Morgan fingerprint density at radius 2 is 1.91 bits per heavy atom. The quantitative estimate of drug-likeness (QED) is 0.446. The Morgan fingerprint density at radius 3 is 2.61 bits per heavy atom. The van der Waals surface area contributed by atoms with E-state index in [0.717, 1.165) is 10.1 Å². The Kier molecular flexibility index (Phi) is 6.57. The summed E-state index contributed by atoms with van der Waals surface area (Å²) < 4.78 is 21.9. The SMILES string of the molecule is Cn1c(=O)n(CCCO)c(=O)c2c(Cc3ccc(F)cc3)c(Oc3cccc(Cl)c3)cnc21. The lowest BCUT2D eigenvalue weighted by molar-refractivity contribution is 0.277. The third kappa shape index (κ3) is 4.67. The van der Waals surface area contributed by atoms with E-state index in [2.05, 4.69) is 4.98 Å². The van der Waals surface area contributed by atoms with Gasteiger partial charge in [-0.1, -0.05) is 29.8 Å². The highest BCUT2D eigenvalue weighted by atomic mass is 35.5. The van der Waals surface area contributed by atoms with E-state index in [1.54, 1.807) is 36.4 Å². The van der Waals surface area contributed by atoms with Crippen LogP contribution in [-0.4, -0.2) is 25.8 Å². The normalized spacial score (nSPS) is 11.2. The van der Waals surface area contributed by atoms with Gasteiger partial charge in [0.2, 0.25) is 0 Å². The summed E-state index contributed by atoms with van der Waals surface area (Å²) in [4.78, 5) is 30.5. The van der Waals surface area contributed by atoms with Gasteiger partial charge in [0, 0.05) is 37.2 Å². The van der Waals surface area contributed by atoms with Crippen LogP contribution in [0, 0.1) is 5.82 Å². The zero-order valence-electron chi connectivity index (χ0n) is 17.8. The van der Waals surface area contributed by atoms with Gasteiger partial charge in [-0.3, -0.25) is 13.9 Å². The molecule has 0 saturated carbocycles. The van der Waals surface area contributed by atoms with Gasteiger partial charge in [-0.2, -0.15) is 0 Å². The highest BCUT2D eigenvalue weighted by Gasteiger charge is 2.20. The summed E-state index contributed by atoms with van der Waals surface area (Å²) in [6.07, 6.45) is 1.95. The van der Waals surface area contributed by atoms with Crippen molar-refractivity contribution >= 4 is 22.6 Å². The van der Waals surface area contributed by atoms with Gasteiger partial charge in [0.25, 0.3) is 5.56 Å². The van der Waals surface area contributed by atoms with Crippen LogP contribution in [0.4, 0.5) is 4.39 Å². The minimum absolute atomic E-state index is 0.0628. The van der Waals surface area contributed by atoms with Crippen LogP contribution in [0.1, 0.15) is 17.5 Å². The van der Waals surface area contributed by atoms with E-state index < -0.39 is 11.2 Å². The van der Waals surface area contributed by atoms with Crippen LogP contribution in [0.2, 0.25) is 5.02 Å². The van der Waals surface area contributed by atoms with Gasteiger partial charge in [-0.15, -0.1) is 0 Å². The fourth-order valence-electron chi connectivity index (χ4n) is 3.65. The molecule has 0 amide bonds. The van der Waals surface area contributed by atoms with Crippen molar-refractivity contribution in [3.63, 3.8) is 0 Å². The zero-order chi connectivity index (χ0) is 23.5. The van der Waals surface area contributed by atoms with Crippen molar-refractivity contribution in [3.8, 4) is 11.5 Å². The number of aliphatic hydroxyl groups excluding tert-OH is 1. The maximum Gasteiger partial charge on any atom is 0.332 e. The first-order chi connectivity index (χ1) is 15.9. The summed E-state index contributed by atoms with van der Waals surface area (Å²) in [6, 6.07) is 12.7. The molecule has 0 spiro atoms. The van der Waals surface area contributed by atoms with Gasteiger partial charge in [-0.05, 0) is 42.3 Å². The molecule has 0 atom stereocenters. The van der Waals surface area contributed by atoms with Gasteiger partial charge in [0.15, 0.2) is 0 Å². The predicted octanol–water partition coefficient (Wildman–Crippen LogP) is 3.65. The van der Waals surface area contributed by atoms with E-state index in [1.165, 1.54) is 29.9 Å². The predicted molar refractivity (Wildman–Crippen MR) is 124 cm³/mol. The molecule has 0 aliphatic heterocycles. The number of ether oxygens (including phenoxy) is 1. The number of nitrogens with zero attached hydrogens (tertiary/aromatic N) is 3. The molecular weight excluding hydrogens is 449 g/mol. The highest BCUT2D eigenvalue weighted by Crippen LogP contribution is 2.31. The molecule has 0 aliphatic rings. The summed E-state index contributed by atoms with van der Waals surface area (Å²) in [7, 11) is 1.53. The molecule has 2 aromatic carbocycles. The van der Waals surface area contributed by atoms with Crippen LogP contribution in [0.15, 0.2) is 64.3 Å². The van der Waals surface area contributed by atoms with Crippen LogP contribution in [-0.2, 0) is 20.0 Å². The summed E-state index contributed by atoms with van der Waals surface area (Å²) >= 11 is 6.08. The minimum atomic E-state index is -0.525. The summed E-state index contributed by atoms with van der Waals surface area (Å²) in [6.45, 7) is -0.0977. The number of aryl methyl sites for hydroxylation is 1. The summed E-state index contributed by atoms with van der Waals surface area (Å²) in [5, 5.41) is 9.90. The van der Waals surface area contributed by atoms with E-state index in [4.69, 9.17) is 16.3 Å². The van der Waals surface area contributed by atoms with Crippen LogP contribution in [0.5, 0.6) is 11.5 Å². The Hall–Kier alpha value is -3.49. The lowest BCUT2D eigenvalue weighted by atomic mass is 10.0. The summed E-state index contributed by atoms with van der Waals surface area (Å²) in [5.74, 6) is 0.399. The number of pyridine rings is 1. The van der Waals surface area contributed by atoms with Crippen molar-refractivity contribution < 1.29 is 14.2 Å². The Balaban J connectivity index is 1.97. The molecule has 170 valence electrons. The topological polar surface area (TPSA) is 86.3 Å². The van der Waals surface area contributed by atoms with Gasteiger partial charge >= 0.3 is 5.69 Å². The number of rotatable bonds is 7. The summed E-state index contributed by atoms with van der Waals surface area (Å²) in [5.41, 5.74) is 0.410. The largest absolute Gasteiger partial charge is 0.455 e. The molecule has 0 unspecified atom stereocenters. The Bertz CT molecular complexity index is 1430. The lowest BCUT2D eigenvalue weighted by Crippen LogP contribution is -2.40. The molecule has 0 saturated heterocycles. The second-order valence-electron chi connectivity index (χ2n) is 7.54. The molecule has 2 heterocycles. The number of aliphatic hydroxyl groups is 1. The molecule has 7 nitrogen and oxygen atoms in total. The van der Waals surface area contributed by atoms with Crippen molar-refractivity contribution in [1.29, 1.82) is 0 Å². The molecule has 0 fully saturated rings. The number of hydrogen-bond donors (Lipinski definition) is 1. The van der Waals surface area contributed by atoms with Gasteiger partial charge < -0.3 is 9.84 Å². The molecule has 33 heavy (non-hydrogen) atoms. The molecule has 4 rings (SSSR count). The number of hydrogen-bond acceptors (Lipinski definition) is 5. The minimum Gasteiger partial charge on any atom is -0.455 e.